The van der Waals surface area contributed by atoms with Crippen molar-refractivity contribution in [2.45, 2.75) is 32.6 Å². The summed E-state index contributed by atoms with van der Waals surface area (Å²) < 4.78 is 0. The Morgan fingerprint density at radius 2 is 1.71 bits per heavy atom. The Balaban J connectivity index is 1.29. The van der Waals surface area contributed by atoms with E-state index in [1.807, 2.05) is 37.3 Å². The van der Waals surface area contributed by atoms with Crippen molar-refractivity contribution in [3.63, 3.8) is 0 Å². The lowest BCUT2D eigenvalue weighted by Gasteiger charge is -2.40. The number of piperazine rings is 1. The van der Waals surface area contributed by atoms with E-state index in [0.29, 0.717) is 38.3 Å². The van der Waals surface area contributed by atoms with Gasteiger partial charge in [0.05, 0.1) is 0 Å². The number of Topliss-reactive ketones (excluding diaryl/α,β-unsaturated/α-hetero) is 1. The molecule has 1 aliphatic carbocycles. The van der Waals surface area contributed by atoms with Gasteiger partial charge in [0.25, 0.3) is 5.91 Å². The summed E-state index contributed by atoms with van der Waals surface area (Å²) in [4.78, 5) is 56.2. The predicted octanol–water partition coefficient (Wildman–Crippen LogP) is 1.72. The van der Waals surface area contributed by atoms with Gasteiger partial charge >= 0.3 is 11.8 Å². The number of carbonyl (C=O) groups excluding carboxylic acids is 4. The molecule has 1 aliphatic heterocycles. The van der Waals surface area contributed by atoms with Crippen LogP contribution < -0.4 is 5.32 Å². The summed E-state index contributed by atoms with van der Waals surface area (Å²) in [6.45, 7) is 3.39. The normalized spacial score (nSPS) is 17.8. The van der Waals surface area contributed by atoms with Gasteiger partial charge in [-0.3, -0.25) is 19.2 Å². The van der Waals surface area contributed by atoms with Crippen LogP contribution in [0.2, 0.25) is 0 Å². The van der Waals surface area contributed by atoms with Gasteiger partial charge in [0.1, 0.15) is 11.5 Å². The highest BCUT2D eigenvalue weighted by Gasteiger charge is 2.43. The maximum atomic E-state index is 12.8. The van der Waals surface area contributed by atoms with Crippen LogP contribution in [-0.4, -0.2) is 71.0 Å². The molecule has 1 aromatic heterocycles. The second-order valence-corrected chi connectivity index (χ2v) is 8.45. The largest absolute Gasteiger partial charge is 0.351 e. The molecule has 3 amide bonds. The molecule has 31 heavy (non-hydrogen) atoms. The third kappa shape index (κ3) is 4.06. The number of aromatic amines is 1. The number of hydrogen-bond donors (Lipinski definition) is 2. The quantitative estimate of drug-likeness (QED) is 0.714. The van der Waals surface area contributed by atoms with Gasteiger partial charge in [-0.25, -0.2) is 0 Å². The highest BCUT2D eigenvalue weighted by atomic mass is 16.2. The molecule has 0 spiro atoms. The molecule has 8 nitrogen and oxygen atoms in total. The highest BCUT2D eigenvalue weighted by Crippen LogP contribution is 2.41. The summed E-state index contributed by atoms with van der Waals surface area (Å²) in [5.74, 6) is -1.24. The maximum Gasteiger partial charge on any atom is 0.312 e. The number of rotatable bonds is 5. The Morgan fingerprint density at radius 3 is 2.32 bits per heavy atom. The van der Waals surface area contributed by atoms with E-state index < -0.39 is 17.2 Å². The Bertz CT molecular complexity index is 983. The van der Waals surface area contributed by atoms with Crippen LogP contribution in [0.3, 0.4) is 0 Å². The zero-order valence-electron chi connectivity index (χ0n) is 17.8. The first kappa shape index (κ1) is 21.1. The Morgan fingerprint density at radius 1 is 1.03 bits per heavy atom. The maximum absolute atomic E-state index is 12.8. The lowest BCUT2D eigenvalue weighted by molar-refractivity contribution is -0.147. The molecule has 0 unspecified atom stereocenters. The number of ketones is 1. The minimum Gasteiger partial charge on any atom is -0.351 e. The summed E-state index contributed by atoms with van der Waals surface area (Å²) in [5.41, 5.74) is 0.933. The first-order valence-electron chi connectivity index (χ1n) is 10.9. The zero-order valence-corrected chi connectivity index (χ0v) is 17.8. The van der Waals surface area contributed by atoms with Gasteiger partial charge in [0.2, 0.25) is 0 Å². The molecule has 8 heteroatoms. The third-order valence-corrected chi connectivity index (χ3v) is 6.62. The lowest BCUT2D eigenvalue weighted by atomic mass is 9.65. The molecule has 4 rings (SSSR count). The second kappa shape index (κ2) is 8.53. The first-order valence-corrected chi connectivity index (χ1v) is 10.9. The van der Waals surface area contributed by atoms with Crippen molar-refractivity contribution in [3.8, 4) is 0 Å². The standard InChI is InChI=1S/C23H28N4O4/c1-2-19(28)23(8-5-9-23)15-24-20(29)22(31)27-12-10-26(11-13-27)21(30)18-14-16-6-3-4-7-17(16)25-18/h3-4,6-7,14,25H,2,5,8-13,15H2,1H3,(H,24,29). The average molecular weight is 425 g/mol. The van der Waals surface area contributed by atoms with E-state index in [1.165, 1.54) is 4.90 Å². The average Bonchev–Trinajstić information content (AvgIpc) is 3.21. The number of benzene rings is 1. The van der Waals surface area contributed by atoms with Gasteiger partial charge in [-0.05, 0) is 25.0 Å². The van der Waals surface area contributed by atoms with E-state index in [2.05, 4.69) is 10.3 Å². The van der Waals surface area contributed by atoms with E-state index in [1.54, 1.807) is 4.90 Å². The molecule has 1 saturated heterocycles. The summed E-state index contributed by atoms with van der Waals surface area (Å²) >= 11 is 0. The van der Waals surface area contributed by atoms with Gasteiger partial charge in [-0.15, -0.1) is 0 Å². The number of nitrogens with zero attached hydrogens (tertiary/aromatic N) is 2. The van der Waals surface area contributed by atoms with Crippen LogP contribution in [0.5, 0.6) is 0 Å². The molecule has 2 aromatic rings. The van der Waals surface area contributed by atoms with E-state index in [0.717, 1.165) is 30.2 Å². The van der Waals surface area contributed by atoms with Gasteiger partial charge in [0.15, 0.2) is 0 Å². The Hall–Kier alpha value is -3.16. The summed E-state index contributed by atoms with van der Waals surface area (Å²) in [7, 11) is 0. The van der Waals surface area contributed by atoms with Gasteiger partial charge < -0.3 is 20.1 Å². The highest BCUT2D eigenvalue weighted by molar-refractivity contribution is 6.35. The van der Waals surface area contributed by atoms with Crippen LogP contribution in [0.4, 0.5) is 0 Å². The minimum atomic E-state index is -0.675. The molecule has 2 aliphatic rings. The fourth-order valence-corrected chi connectivity index (χ4v) is 4.47. The predicted molar refractivity (Wildman–Crippen MR) is 115 cm³/mol. The van der Waals surface area contributed by atoms with Crippen LogP contribution >= 0.6 is 0 Å². The number of hydrogen-bond acceptors (Lipinski definition) is 4. The molecule has 164 valence electrons. The molecule has 1 saturated carbocycles. The SMILES string of the molecule is CCC(=O)C1(CNC(=O)C(=O)N2CCN(C(=O)c3cc4ccccc4[nH]3)CC2)CCC1. The lowest BCUT2D eigenvalue weighted by Crippen LogP contribution is -2.55. The topological polar surface area (TPSA) is 103 Å². The van der Waals surface area contributed by atoms with Gasteiger partial charge in [-0.2, -0.15) is 0 Å². The smallest absolute Gasteiger partial charge is 0.312 e. The van der Waals surface area contributed by atoms with E-state index in [-0.39, 0.29) is 18.2 Å². The molecule has 1 aromatic carbocycles. The van der Waals surface area contributed by atoms with Gasteiger partial charge in [0, 0.05) is 55.5 Å². The van der Waals surface area contributed by atoms with E-state index in [4.69, 9.17) is 0 Å². The van der Waals surface area contributed by atoms with Crippen LogP contribution in [0.25, 0.3) is 10.9 Å². The Kier molecular flexibility index (Phi) is 5.80. The number of fused-ring (bicyclic) bond motifs is 1. The van der Waals surface area contributed by atoms with Crippen molar-refractivity contribution in [2.75, 3.05) is 32.7 Å². The number of carbonyl (C=O) groups is 4. The molecular formula is C23H28N4O4. The molecule has 2 N–H and O–H groups in total. The molecule has 0 bridgehead atoms. The van der Waals surface area contributed by atoms with Crippen LogP contribution in [0.15, 0.2) is 30.3 Å². The number of para-hydroxylation sites is 1. The first-order chi connectivity index (χ1) is 14.9. The van der Waals surface area contributed by atoms with Crippen molar-refractivity contribution in [2.24, 2.45) is 5.41 Å². The summed E-state index contributed by atoms with van der Waals surface area (Å²) in [5, 5.41) is 3.65. The van der Waals surface area contributed by atoms with Crippen molar-refractivity contribution >= 4 is 34.4 Å². The number of H-pyrrole nitrogens is 1. The summed E-state index contributed by atoms with van der Waals surface area (Å²) in [6.07, 6.45) is 2.95. The molecule has 0 atom stereocenters. The van der Waals surface area contributed by atoms with Gasteiger partial charge in [-0.1, -0.05) is 31.5 Å². The number of amides is 3. The fourth-order valence-electron chi connectivity index (χ4n) is 4.47. The molecular weight excluding hydrogens is 396 g/mol. The zero-order chi connectivity index (χ0) is 22.0. The fraction of sp³-hybridized carbons (Fsp3) is 0.478. The third-order valence-electron chi connectivity index (χ3n) is 6.62. The number of nitrogens with one attached hydrogen (secondary N) is 2. The molecule has 2 fully saturated rings. The Labute approximate surface area is 181 Å². The molecule has 2 heterocycles. The van der Waals surface area contributed by atoms with Crippen molar-refractivity contribution in [1.29, 1.82) is 0 Å². The van der Waals surface area contributed by atoms with Crippen molar-refractivity contribution in [3.05, 3.63) is 36.0 Å². The van der Waals surface area contributed by atoms with Crippen molar-refractivity contribution < 1.29 is 19.2 Å². The molecule has 0 radical (unpaired) electrons. The van der Waals surface area contributed by atoms with Crippen LogP contribution in [-0.2, 0) is 14.4 Å². The number of aromatic nitrogens is 1. The second-order valence-electron chi connectivity index (χ2n) is 8.45. The minimum absolute atomic E-state index is 0.113. The monoisotopic (exact) mass is 424 g/mol. The summed E-state index contributed by atoms with van der Waals surface area (Å²) in [6, 6.07) is 9.53. The van der Waals surface area contributed by atoms with E-state index in [9.17, 15) is 19.2 Å². The van der Waals surface area contributed by atoms with Crippen LogP contribution in [0, 0.1) is 5.41 Å². The van der Waals surface area contributed by atoms with Crippen LogP contribution in [0.1, 0.15) is 43.1 Å². The van der Waals surface area contributed by atoms with E-state index >= 15 is 0 Å². The van der Waals surface area contributed by atoms with Crippen molar-refractivity contribution in [1.82, 2.24) is 20.1 Å².